The summed E-state index contributed by atoms with van der Waals surface area (Å²) < 4.78 is 11.6. The SMILES string of the molecule is CCOc1cc(/C=C2/NC(=O)N(Cc3ccccc3)C2=O)ccc1O[C@H](C)CC. The predicted molar refractivity (Wildman–Crippen MR) is 111 cm³/mol. The van der Waals surface area contributed by atoms with Crippen molar-refractivity contribution in [2.24, 2.45) is 0 Å². The average Bonchev–Trinajstić information content (AvgIpc) is 2.98. The summed E-state index contributed by atoms with van der Waals surface area (Å²) in [4.78, 5) is 26.2. The molecule has 0 aliphatic carbocycles. The second kappa shape index (κ2) is 9.28. The van der Waals surface area contributed by atoms with E-state index in [1.165, 1.54) is 4.90 Å². The number of rotatable bonds is 8. The monoisotopic (exact) mass is 394 g/mol. The molecule has 1 saturated heterocycles. The van der Waals surface area contributed by atoms with Gasteiger partial charge in [0.2, 0.25) is 0 Å². The van der Waals surface area contributed by atoms with Crippen LogP contribution in [0.4, 0.5) is 4.79 Å². The van der Waals surface area contributed by atoms with Crippen molar-refractivity contribution in [1.29, 1.82) is 0 Å². The summed E-state index contributed by atoms with van der Waals surface area (Å²) in [7, 11) is 0. The van der Waals surface area contributed by atoms with Crippen molar-refractivity contribution in [1.82, 2.24) is 10.2 Å². The molecular weight excluding hydrogens is 368 g/mol. The van der Waals surface area contributed by atoms with Crippen LogP contribution in [0.2, 0.25) is 0 Å². The Morgan fingerprint density at radius 3 is 2.52 bits per heavy atom. The smallest absolute Gasteiger partial charge is 0.329 e. The number of hydrogen-bond donors (Lipinski definition) is 1. The second-order valence-electron chi connectivity index (χ2n) is 6.84. The third kappa shape index (κ3) is 4.96. The van der Waals surface area contributed by atoms with E-state index in [2.05, 4.69) is 12.2 Å². The molecule has 6 heteroatoms. The van der Waals surface area contributed by atoms with Crippen molar-refractivity contribution in [2.45, 2.75) is 39.8 Å². The van der Waals surface area contributed by atoms with E-state index in [1.807, 2.05) is 62.4 Å². The van der Waals surface area contributed by atoms with Crippen LogP contribution in [0, 0.1) is 0 Å². The van der Waals surface area contributed by atoms with E-state index >= 15 is 0 Å². The van der Waals surface area contributed by atoms with Crippen LogP contribution in [0.15, 0.2) is 54.2 Å². The van der Waals surface area contributed by atoms with Crippen LogP contribution in [0.1, 0.15) is 38.3 Å². The first-order valence-corrected chi connectivity index (χ1v) is 9.83. The molecule has 2 aromatic rings. The first kappa shape index (κ1) is 20.5. The molecule has 6 nitrogen and oxygen atoms in total. The lowest BCUT2D eigenvalue weighted by molar-refractivity contribution is -0.123. The standard InChI is InChI=1S/C23H26N2O4/c1-4-16(3)29-20-12-11-18(14-21(20)28-5-2)13-19-22(26)25(23(27)24-19)15-17-9-7-6-8-10-17/h6-14,16H,4-5,15H2,1-3H3,(H,24,27)/b19-13+/t16-/m1/s1. The zero-order valence-corrected chi connectivity index (χ0v) is 17.0. The Hall–Kier alpha value is -3.28. The van der Waals surface area contributed by atoms with Crippen LogP contribution in [0.25, 0.3) is 6.08 Å². The predicted octanol–water partition coefficient (Wildman–Crippen LogP) is 4.36. The van der Waals surface area contributed by atoms with Crippen molar-refractivity contribution in [3.05, 3.63) is 65.4 Å². The van der Waals surface area contributed by atoms with Crippen molar-refractivity contribution in [2.75, 3.05) is 6.61 Å². The Balaban J connectivity index is 1.81. The first-order valence-electron chi connectivity index (χ1n) is 9.83. The lowest BCUT2D eigenvalue weighted by Gasteiger charge is -2.16. The normalized spacial score (nSPS) is 16.1. The summed E-state index contributed by atoms with van der Waals surface area (Å²) in [5.74, 6) is 0.924. The molecule has 0 bridgehead atoms. The van der Waals surface area contributed by atoms with Crippen LogP contribution >= 0.6 is 0 Å². The zero-order valence-electron chi connectivity index (χ0n) is 17.0. The summed E-state index contributed by atoms with van der Waals surface area (Å²) in [5.41, 5.74) is 1.88. The highest BCUT2D eigenvalue weighted by atomic mass is 16.5. The third-order valence-corrected chi connectivity index (χ3v) is 4.63. The summed E-state index contributed by atoms with van der Waals surface area (Å²) in [5, 5.41) is 2.66. The highest BCUT2D eigenvalue weighted by molar-refractivity contribution is 6.13. The number of nitrogens with one attached hydrogen (secondary N) is 1. The lowest BCUT2D eigenvalue weighted by Crippen LogP contribution is -2.30. The summed E-state index contributed by atoms with van der Waals surface area (Å²) >= 11 is 0. The third-order valence-electron chi connectivity index (χ3n) is 4.63. The van der Waals surface area contributed by atoms with Gasteiger partial charge in [-0.05, 0) is 49.6 Å². The molecule has 1 fully saturated rings. The molecule has 152 valence electrons. The van der Waals surface area contributed by atoms with Crippen molar-refractivity contribution in [3.63, 3.8) is 0 Å². The summed E-state index contributed by atoms with van der Waals surface area (Å²) in [6.07, 6.45) is 2.61. The fourth-order valence-electron chi connectivity index (χ4n) is 2.93. The fourth-order valence-corrected chi connectivity index (χ4v) is 2.93. The number of imide groups is 1. The van der Waals surface area contributed by atoms with Gasteiger partial charge in [0.1, 0.15) is 5.70 Å². The minimum Gasteiger partial charge on any atom is -0.490 e. The van der Waals surface area contributed by atoms with E-state index in [4.69, 9.17) is 9.47 Å². The first-order chi connectivity index (χ1) is 14.0. The molecule has 0 spiro atoms. The number of hydrogen-bond acceptors (Lipinski definition) is 4. The molecule has 1 atom stereocenters. The van der Waals surface area contributed by atoms with Gasteiger partial charge >= 0.3 is 6.03 Å². The van der Waals surface area contributed by atoms with Crippen molar-refractivity contribution < 1.29 is 19.1 Å². The molecule has 0 aromatic heterocycles. The van der Waals surface area contributed by atoms with Gasteiger partial charge in [-0.25, -0.2) is 4.79 Å². The fraction of sp³-hybridized carbons (Fsp3) is 0.304. The number of amides is 3. The molecule has 0 radical (unpaired) electrons. The molecular formula is C23H26N2O4. The van der Waals surface area contributed by atoms with Crippen LogP contribution in [-0.4, -0.2) is 29.5 Å². The topological polar surface area (TPSA) is 67.9 Å². The summed E-state index contributed by atoms with van der Waals surface area (Å²) in [6.45, 7) is 6.69. The van der Waals surface area contributed by atoms with E-state index in [1.54, 1.807) is 6.08 Å². The molecule has 1 heterocycles. The summed E-state index contributed by atoms with van der Waals surface area (Å²) in [6, 6.07) is 14.5. The molecule has 3 amide bonds. The van der Waals surface area contributed by atoms with E-state index in [9.17, 15) is 9.59 Å². The van der Waals surface area contributed by atoms with Crippen molar-refractivity contribution in [3.8, 4) is 11.5 Å². The quantitative estimate of drug-likeness (QED) is 0.534. The Kier molecular flexibility index (Phi) is 6.54. The van der Waals surface area contributed by atoms with Gasteiger partial charge < -0.3 is 14.8 Å². The highest BCUT2D eigenvalue weighted by Crippen LogP contribution is 2.31. The van der Waals surface area contributed by atoms with Gasteiger partial charge in [-0.15, -0.1) is 0 Å². The van der Waals surface area contributed by atoms with Crippen molar-refractivity contribution >= 4 is 18.0 Å². The largest absolute Gasteiger partial charge is 0.490 e. The van der Waals surface area contributed by atoms with Gasteiger partial charge in [-0.1, -0.05) is 43.3 Å². The van der Waals surface area contributed by atoms with E-state index in [-0.39, 0.29) is 24.3 Å². The molecule has 2 aromatic carbocycles. The molecule has 0 saturated carbocycles. The van der Waals surface area contributed by atoms with Gasteiger partial charge in [0.15, 0.2) is 11.5 Å². The second-order valence-corrected chi connectivity index (χ2v) is 6.84. The number of nitrogens with zero attached hydrogens (tertiary/aromatic N) is 1. The van der Waals surface area contributed by atoms with Gasteiger partial charge in [-0.2, -0.15) is 0 Å². The van der Waals surface area contributed by atoms with Gasteiger partial charge in [0, 0.05) is 0 Å². The minimum absolute atomic E-state index is 0.0700. The van der Waals surface area contributed by atoms with Crippen LogP contribution in [0.5, 0.6) is 11.5 Å². The van der Waals surface area contributed by atoms with Gasteiger partial charge in [-0.3, -0.25) is 9.69 Å². The molecule has 29 heavy (non-hydrogen) atoms. The maximum absolute atomic E-state index is 12.7. The molecule has 1 N–H and O–H groups in total. The van der Waals surface area contributed by atoms with Crippen LogP contribution in [-0.2, 0) is 11.3 Å². The maximum atomic E-state index is 12.7. The van der Waals surface area contributed by atoms with Gasteiger partial charge in [0.25, 0.3) is 5.91 Å². The lowest BCUT2D eigenvalue weighted by atomic mass is 10.1. The minimum atomic E-state index is -0.424. The number of carbonyl (C=O) groups is 2. The molecule has 1 aliphatic rings. The Bertz CT molecular complexity index is 908. The molecule has 1 aliphatic heterocycles. The number of ether oxygens (including phenoxy) is 2. The Labute approximate surface area is 171 Å². The van der Waals surface area contributed by atoms with Gasteiger partial charge in [0.05, 0.1) is 19.3 Å². The highest BCUT2D eigenvalue weighted by Gasteiger charge is 2.33. The Morgan fingerprint density at radius 1 is 1.07 bits per heavy atom. The average molecular weight is 394 g/mol. The number of benzene rings is 2. The maximum Gasteiger partial charge on any atom is 0.329 e. The number of urea groups is 1. The number of carbonyl (C=O) groups excluding carboxylic acids is 2. The zero-order chi connectivity index (χ0) is 20.8. The van der Waals surface area contributed by atoms with Crippen LogP contribution < -0.4 is 14.8 Å². The van der Waals surface area contributed by atoms with E-state index in [0.717, 1.165) is 17.5 Å². The Morgan fingerprint density at radius 2 is 1.83 bits per heavy atom. The van der Waals surface area contributed by atoms with E-state index in [0.29, 0.717) is 18.1 Å². The molecule has 0 unspecified atom stereocenters. The molecule has 3 rings (SSSR count). The van der Waals surface area contributed by atoms with Crippen LogP contribution in [0.3, 0.4) is 0 Å². The van der Waals surface area contributed by atoms with E-state index < -0.39 is 6.03 Å².